The maximum Gasteiger partial charge on any atom is 0.355 e. The Labute approximate surface area is 210 Å². The van der Waals surface area contributed by atoms with Crippen LogP contribution in [0.3, 0.4) is 0 Å². The number of aromatic amines is 2. The van der Waals surface area contributed by atoms with E-state index in [1.807, 2.05) is 59.6 Å². The van der Waals surface area contributed by atoms with E-state index in [0.29, 0.717) is 17.9 Å². The molecule has 0 aliphatic carbocycles. The van der Waals surface area contributed by atoms with Gasteiger partial charge in [-0.25, -0.2) is 14.6 Å². The monoisotopic (exact) mass is 498 g/mol. The van der Waals surface area contributed by atoms with Crippen LogP contribution < -0.4 is 16.0 Å². The fourth-order valence-corrected chi connectivity index (χ4v) is 4.22. The van der Waals surface area contributed by atoms with E-state index in [-0.39, 0.29) is 5.69 Å². The van der Waals surface area contributed by atoms with Crippen LogP contribution in [0.4, 0.5) is 0 Å². The number of aromatic nitrogens is 2. The number of ether oxygens (including phenoxy) is 2. The summed E-state index contributed by atoms with van der Waals surface area (Å²) in [5.41, 5.74) is 0.463. The van der Waals surface area contributed by atoms with Gasteiger partial charge >= 0.3 is 11.7 Å². The van der Waals surface area contributed by atoms with Gasteiger partial charge in [-0.15, -0.1) is 0 Å². The van der Waals surface area contributed by atoms with E-state index < -0.39 is 35.8 Å². The highest BCUT2D eigenvalue weighted by Gasteiger charge is 2.33. The van der Waals surface area contributed by atoms with Crippen LogP contribution in [0, 0.1) is 0 Å². The Balaban J connectivity index is 1.41. The van der Waals surface area contributed by atoms with Gasteiger partial charge in [0.2, 0.25) is 0 Å². The summed E-state index contributed by atoms with van der Waals surface area (Å²) >= 11 is 0. The molecule has 1 aliphatic rings. The number of hydrogen-bond donors (Lipinski definition) is 2. The normalized spacial score (nSPS) is 14.9. The number of nitrogens with one attached hydrogen (secondary N) is 2. The molecule has 1 atom stereocenters. The molecular formula is C27H22N4O6. The molecular weight excluding hydrogens is 476 g/mol. The van der Waals surface area contributed by atoms with Gasteiger partial charge in [-0.2, -0.15) is 5.10 Å². The number of fused-ring (bicyclic) bond motifs is 1. The molecule has 10 heteroatoms. The van der Waals surface area contributed by atoms with Crippen LogP contribution in [-0.4, -0.2) is 46.3 Å². The first-order valence-electron chi connectivity index (χ1n) is 11.4. The molecule has 4 aromatic rings. The molecule has 37 heavy (non-hydrogen) atoms. The van der Waals surface area contributed by atoms with Crippen LogP contribution in [0.15, 0.2) is 87.5 Å². The Kier molecular flexibility index (Phi) is 6.38. The number of carbonyl (C=O) groups is 2. The SMILES string of the molecule is COc1ccc([C@H]2CC(c3ccc4ccccc4c3)=NN2C(=O)COC(=O)c2cc(=O)[nH]c(=O)[nH]2)cc1. The average molecular weight is 498 g/mol. The number of hydrazone groups is 1. The maximum atomic E-state index is 13.2. The number of esters is 1. The number of amides is 1. The Bertz CT molecular complexity index is 1610. The van der Waals surface area contributed by atoms with Crippen molar-refractivity contribution in [2.45, 2.75) is 12.5 Å². The predicted molar refractivity (Wildman–Crippen MR) is 136 cm³/mol. The summed E-state index contributed by atoms with van der Waals surface area (Å²) in [6.45, 7) is -0.630. The van der Waals surface area contributed by atoms with Gasteiger partial charge in [0, 0.05) is 12.5 Å². The number of hydrogen-bond acceptors (Lipinski definition) is 7. The predicted octanol–water partition coefficient (Wildman–Crippen LogP) is 2.76. The highest BCUT2D eigenvalue weighted by atomic mass is 16.5. The minimum atomic E-state index is -1.00. The van der Waals surface area contributed by atoms with Gasteiger partial charge in [0.1, 0.15) is 11.4 Å². The molecule has 0 unspecified atom stereocenters. The molecule has 5 rings (SSSR count). The van der Waals surface area contributed by atoms with Crippen molar-refractivity contribution in [3.63, 3.8) is 0 Å². The van der Waals surface area contributed by atoms with Crippen molar-refractivity contribution >= 4 is 28.4 Å². The lowest BCUT2D eigenvalue weighted by molar-refractivity contribution is -0.136. The molecule has 10 nitrogen and oxygen atoms in total. The lowest BCUT2D eigenvalue weighted by atomic mass is 9.97. The average Bonchev–Trinajstić information content (AvgIpc) is 3.36. The van der Waals surface area contributed by atoms with Crippen molar-refractivity contribution in [1.82, 2.24) is 15.0 Å². The molecule has 1 aliphatic heterocycles. The van der Waals surface area contributed by atoms with Crippen LogP contribution in [-0.2, 0) is 9.53 Å². The van der Waals surface area contributed by atoms with Gasteiger partial charge in [0.05, 0.1) is 18.9 Å². The molecule has 2 N–H and O–H groups in total. The molecule has 0 fully saturated rings. The van der Waals surface area contributed by atoms with Crippen molar-refractivity contribution in [3.8, 4) is 5.75 Å². The molecule has 0 saturated heterocycles. The highest BCUT2D eigenvalue weighted by molar-refractivity contribution is 6.05. The smallest absolute Gasteiger partial charge is 0.355 e. The van der Waals surface area contributed by atoms with Crippen molar-refractivity contribution in [3.05, 3.63) is 110 Å². The highest BCUT2D eigenvalue weighted by Crippen LogP contribution is 2.34. The standard InChI is InChI=1S/C27H22N4O6/c1-36-20-10-8-17(9-11-20)23-13-21(19-7-6-16-4-2-3-5-18(16)12-19)30-31(23)25(33)15-37-26(34)22-14-24(32)29-27(35)28-22/h2-12,14,23H,13,15H2,1H3,(H2,28,29,32,35)/t23-/m1/s1. The molecule has 1 aromatic heterocycles. The molecule has 0 spiro atoms. The number of rotatable bonds is 6. The fourth-order valence-electron chi connectivity index (χ4n) is 4.22. The summed E-state index contributed by atoms with van der Waals surface area (Å²) in [5, 5.41) is 8.06. The van der Waals surface area contributed by atoms with Crippen molar-refractivity contribution < 1.29 is 19.1 Å². The zero-order valence-corrected chi connectivity index (χ0v) is 19.8. The third-order valence-corrected chi connectivity index (χ3v) is 6.06. The minimum absolute atomic E-state index is 0.352. The Morgan fingerprint density at radius 2 is 1.73 bits per heavy atom. The van der Waals surface area contributed by atoms with Crippen LogP contribution >= 0.6 is 0 Å². The van der Waals surface area contributed by atoms with Gasteiger partial charge in [-0.1, -0.05) is 48.5 Å². The largest absolute Gasteiger partial charge is 0.497 e. The number of H-pyrrole nitrogens is 2. The van der Waals surface area contributed by atoms with Crippen molar-refractivity contribution in [2.24, 2.45) is 5.10 Å². The molecule has 2 heterocycles. The van der Waals surface area contributed by atoms with E-state index in [2.05, 4.69) is 10.1 Å². The third kappa shape index (κ3) is 5.03. The quantitative estimate of drug-likeness (QED) is 0.393. The Morgan fingerprint density at radius 1 is 0.973 bits per heavy atom. The minimum Gasteiger partial charge on any atom is -0.497 e. The lowest BCUT2D eigenvalue weighted by Gasteiger charge is -2.22. The van der Waals surface area contributed by atoms with Gasteiger partial charge < -0.3 is 14.5 Å². The molecule has 1 amide bonds. The second-order valence-corrected chi connectivity index (χ2v) is 8.42. The van der Waals surface area contributed by atoms with E-state index in [1.165, 1.54) is 5.01 Å². The molecule has 3 aromatic carbocycles. The summed E-state index contributed by atoms with van der Waals surface area (Å²) in [4.78, 5) is 52.6. The van der Waals surface area contributed by atoms with E-state index >= 15 is 0 Å². The zero-order valence-electron chi connectivity index (χ0n) is 19.8. The Hall–Kier alpha value is -4.99. The molecule has 0 saturated carbocycles. The van der Waals surface area contributed by atoms with Gasteiger partial charge in [0.15, 0.2) is 6.61 Å². The second kappa shape index (κ2) is 9.94. The number of methoxy groups -OCH3 is 1. The fraction of sp³-hybridized carbons (Fsp3) is 0.148. The van der Waals surface area contributed by atoms with Gasteiger partial charge in [-0.05, 0) is 40.1 Å². The van der Waals surface area contributed by atoms with Gasteiger partial charge in [0.25, 0.3) is 11.5 Å². The first-order valence-corrected chi connectivity index (χ1v) is 11.4. The molecule has 0 bridgehead atoms. The number of carbonyl (C=O) groups excluding carboxylic acids is 2. The summed E-state index contributed by atoms with van der Waals surface area (Å²) in [6, 6.07) is 21.7. The first-order chi connectivity index (χ1) is 17.9. The van der Waals surface area contributed by atoms with Crippen molar-refractivity contribution in [2.75, 3.05) is 13.7 Å². The van der Waals surface area contributed by atoms with E-state index in [0.717, 1.165) is 28.0 Å². The van der Waals surface area contributed by atoms with Crippen LogP contribution in [0.2, 0.25) is 0 Å². The van der Waals surface area contributed by atoms with E-state index in [1.54, 1.807) is 19.2 Å². The zero-order chi connectivity index (χ0) is 25.9. The molecule has 0 radical (unpaired) electrons. The second-order valence-electron chi connectivity index (χ2n) is 8.42. The van der Waals surface area contributed by atoms with Crippen LogP contribution in [0.1, 0.15) is 34.1 Å². The number of benzene rings is 3. The first kappa shape index (κ1) is 23.7. The summed E-state index contributed by atoms with van der Waals surface area (Å²) in [5.74, 6) is -0.885. The van der Waals surface area contributed by atoms with Crippen LogP contribution in [0.5, 0.6) is 5.75 Å². The summed E-state index contributed by atoms with van der Waals surface area (Å²) < 4.78 is 10.3. The van der Waals surface area contributed by atoms with Gasteiger partial charge in [-0.3, -0.25) is 14.6 Å². The lowest BCUT2D eigenvalue weighted by Crippen LogP contribution is -2.32. The summed E-state index contributed by atoms with van der Waals surface area (Å²) in [7, 11) is 1.57. The summed E-state index contributed by atoms with van der Waals surface area (Å²) in [6.07, 6.45) is 0.450. The van der Waals surface area contributed by atoms with E-state index in [4.69, 9.17) is 9.47 Å². The number of nitrogens with zero attached hydrogens (tertiary/aromatic N) is 2. The van der Waals surface area contributed by atoms with Crippen molar-refractivity contribution in [1.29, 1.82) is 0 Å². The maximum absolute atomic E-state index is 13.2. The Morgan fingerprint density at radius 3 is 2.46 bits per heavy atom. The van der Waals surface area contributed by atoms with E-state index in [9.17, 15) is 19.2 Å². The topological polar surface area (TPSA) is 134 Å². The molecule has 186 valence electrons. The third-order valence-electron chi connectivity index (χ3n) is 6.06. The van der Waals surface area contributed by atoms with Crippen LogP contribution in [0.25, 0.3) is 10.8 Å².